The molecule has 0 bridgehead atoms. The van der Waals surface area contributed by atoms with E-state index in [0.717, 1.165) is 16.5 Å². The number of nitrogens with zero attached hydrogens (tertiary/aromatic N) is 1. The highest BCUT2D eigenvalue weighted by Gasteiger charge is 2.14. The number of rotatable bonds is 3. The minimum Gasteiger partial charge on any atom is -0.321 e. The monoisotopic (exact) mass is 318 g/mol. The van der Waals surface area contributed by atoms with Gasteiger partial charge in [-0.25, -0.2) is 0 Å². The molecular weight excluding hydrogens is 300 g/mol. The summed E-state index contributed by atoms with van der Waals surface area (Å²) in [7, 11) is 0. The first-order valence-corrected chi connectivity index (χ1v) is 7.75. The minimum atomic E-state index is -0.267. The smallest absolute Gasteiger partial charge is 0.257 e. The molecule has 0 saturated carbocycles. The Kier molecular flexibility index (Phi) is 4.13. The van der Waals surface area contributed by atoms with Gasteiger partial charge in [-0.05, 0) is 51.1 Å². The molecule has 3 rings (SSSR count). The summed E-state index contributed by atoms with van der Waals surface area (Å²) in [5, 5.41) is 3.75. The van der Waals surface area contributed by atoms with Crippen molar-refractivity contribution in [3.63, 3.8) is 0 Å². The van der Waals surface area contributed by atoms with E-state index in [1.807, 2.05) is 38.1 Å². The van der Waals surface area contributed by atoms with Gasteiger partial charge in [-0.15, -0.1) is 0 Å². The summed E-state index contributed by atoms with van der Waals surface area (Å²) < 4.78 is 0. The lowest BCUT2D eigenvalue weighted by Crippen LogP contribution is -2.16. The number of aromatic nitrogens is 1. The average molecular weight is 318 g/mol. The number of nitrogens with one attached hydrogen (secondary N) is 1. The largest absolute Gasteiger partial charge is 0.321 e. The van der Waals surface area contributed by atoms with E-state index >= 15 is 0 Å². The molecule has 0 saturated heterocycles. The van der Waals surface area contributed by atoms with Crippen LogP contribution in [0.4, 0.5) is 5.69 Å². The van der Waals surface area contributed by atoms with Gasteiger partial charge in [-0.1, -0.05) is 23.8 Å². The van der Waals surface area contributed by atoms with Crippen molar-refractivity contribution in [2.45, 2.75) is 20.8 Å². The van der Waals surface area contributed by atoms with Crippen molar-refractivity contribution in [2.24, 2.45) is 0 Å². The zero-order valence-electron chi connectivity index (χ0n) is 13.9. The van der Waals surface area contributed by atoms with E-state index in [1.54, 1.807) is 24.3 Å². The molecule has 0 atom stereocenters. The summed E-state index contributed by atoms with van der Waals surface area (Å²) in [5.74, 6) is -0.355. The highest BCUT2D eigenvalue weighted by Crippen LogP contribution is 2.21. The van der Waals surface area contributed by atoms with E-state index in [1.165, 1.54) is 6.92 Å². The van der Waals surface area contributed by atoms with Crippen LogP contribution in [0.5, 0.6) is 0 Å². The topological polar surface area (TPSA) is 59.1 Å². The van der Waals surface area contributed by atoms with Gasteiger partial charge in [0, 0.05) is 10.9 Å². The number of amides is 1. The third-order valence-corrected chi connectivity index (χ3v) is 3.96. The first kappa shape index (κ1) is 15.9. The van der Waals surface area contributed by atoms with E-state index in [0.29, 0.717) is 22.5 Å². The molecule has 0 aliphatic heterocycles. The second-order valence-corrected chi connectivity index (χ2v) is 5.87. The normalized spacial score (nSPS) is 10.6. The minimum absolute atomic E-state index is 0.0881. The van der Waals surface area contributed by atoms with E-state index in [2.05, 4.69) is 10.3 Å². The van der Waals surface area contributed by atoms with Crippen molar-refractivity contribution in [3.05, 3.63) is 70.9 Å². The second-order valence-electron chi connectivity index (χ2n) is 5.87. The summed E-state index contributed by atoms with van der Waals surface area (Å²) in [6.45, 7) is 5.30. The van der Waals surface area contributed by atoms with Gasteiger partial charge in [-0.3, -0.25) is 14.6 Å². The fourth-order valence-electron chi connectivity index (χ4n) is 2.71. The number of hydrogen-bond acceptors (Lipinski definition) is 3. The van der Waals surface area contributed by atoms with Crippen LogP contribution in [0.15, 0.2) is 48.5 Å². The van der Waals surface area contributed by atoms with Gasteiger partial charge in [0.1, 0.15) is 0 Å². The van der Waals surface area contributed by atoms with Crippen LogP contribution in [0.2, 0.25) is 0 Å². The van der Waals surface area contributed by atoms with E-state index < -0.39 is 0 Å². The number of carbonyl (C=O) groups excluding carboxylic acids is 2. The molecule has 4 heteroatoms. The van der Waals surface area contributed by atoms with Crippen LogP contribution < -0.4 is 5.32 Å². The maximum absolute atomic E-state index is 12.7. The molecule has 1 amide bonds. The number of pyridine rings is 1. The van der Waals surface area contributed by atoms with Crippen LogP contribution in [0, 0.1) is 13.8 Å². The zero-order chi connectivity index (χ0) is 17.3. The Bertz CT molecular complexity index is 961. The number of benzene rings is 2. The maximum atomic E-state index is 12.7. The van der Waals surface area contributed by atoms with Crippen LogP contribution in [-0.4, -0.2) is 16.7 Å². The second kappa shape index (κ2) is 6.24. The van der Waals surface area contributed by atoms with Gasteiger partial charge in [0.05, 0.1) is 22.5 Å². The van der Waals surface area contributed by atoms with Crippen molar-refractivity contribution in [1.29, 1.82) is 0 Å². The lowest BCUT2D eigenvalue weighted by molar-refractivity contribution is 0.101. The maximum Gasteiger partial charge on any atom is 0.257 e. The number of Topliss-reactive ketones (excluding diaryl/α,β-unsaturated/α-hetero) is 1. The van der Waals surface area contributed by atoms with Crippen LogP contribution in [0.25, 0.3) is 10.9 Å². The Morgan fingerprint density at radius 1 is 0.958 bits per heavy atom. The molecule has 0 fully saturated rings. The van der Waals surface area contributed by atoms with Crippen molar-refractivity contribution in [2.75, 3.05) is 5.32 Å². The summed E-state index contributed by atoms with van der Waals surface area (Å²) in [5.41, 5.74) is 4.14. The predicted octanol–water partition coefficient (Wildman–Crippen LogP) is 4.31. The number of hydrogen-bond donors (Lipinski definition) is 1. The van der Waals surface area contributed by atoms with Crippen LogP contribution in [-0.2, 0) is 0 Å². The molecule has 24 heavy (non-hydrogen) atoms. The molecule has 4 nitrogen and oxygen atoms in total. The number of carbonyl (C=O) groups is 2. The molecule has 0 spiro atoms. The highest BCUT2D eigenvalue weighted by atomic mass is 16.1. The summed E-state index contributed by atoms with van der Waals surface area (Å²) in [4.78, 5) is 28.9. The van der Waals surface area contributed by atoms with E-state index in [-0.39, 0.29) is 11.7 Å². The third-order valence-electron chi connectivity index (χ3n) is 3.96. The fourth-order valence-corrected chi connectivity index (χ4v) is 2.71. The van der Waals surface area contributed by atoms with Crippen molar-refractivity contribution in [1.82, 2.24) is 4.98 Å². The average Bonchev–Trinajstić information content (AvgIpc) is 2.54. The van der Waals surface area contributed by atoms with Crippen LogP contribution in [0.1, 0.15) is 38.9 Å². The zero-order valence-corrected chi connectivity index (χ0v) is 13.9. The fraction of sp³-hybridized carbons (Fsp3) is 0.150. The molecule has 0 radical (unpaired) electrons. The SMILES string of the molecule is CC(=O)c1ccccc1NC(=O)c1cc2cc(C)ccc2nc1C. The molecule has 3 aromatic rings. The van der Waals surface area contributed by atoms with Gasteiger partial charge in [0.15, 0.2) is 5.78 Å². The van der Waals surface area contributed by atoms with Gasteiger partial charge >= 0.3 is 0 Å². The molecule has 0 aliphatic rings. The molecule has 120 valence electrons. The molecular formula is C20H18N2O2. The first-order valence-electron chi connectivity index (χ1n) is 7.75. The molecule has 0 unspecified atom stereocenters. The Balaban J connectivity index is 2.00. The van der Waals surface area contributed by atoms with Crippen LogP contribution in [0.3, 0.4) is 0 Å². The molecule has 2 aromatic carbocycles. The van der Waals surface area contributed by atoms with Crippen LogP contribution >= 0.6 is 0 Å². The number of fused-ring (bicyclic) bond motifs is 1. The van der Waals surface area contributed by atoms with Gasteiger partial charge in [0.2, 0.25) is 0 Å². The number of para-hydroxylation sites is 1. The number of anilines is 1. The van der Waals surface area contributed by atoms with E-state index in [4.69, 9.17) is 0 Å². The Morgan fingerprint density at radius 3 is 2.46 bits per heavy atom. The third kappa shape index (κ3) is 3.04. The molecule has 1 aromatic heterocycles. The quantitative estimate of drug-likeness (QED) is 0.732. The standard InChI is InChI=1S/C20H18N2O2/c1-12-8-9-18-15(10-12)11-17(13(2)21-18)20(24)22-19-7-5-4-6-16(19)14(3)23/h4-11H,1-3H3,(H,22,24). The van der Waals surface area contributed by atoms with Crippen molar-refractivity contribution in [3.8, 4) is 0 Å². The molecule has 1 N–H and O–H groups in total. The van der Waals surface area contributed by atoms with Gasteiger partial charge in [0.25, 0.3) is 5.91 Å². The van der Waals surface area contributed by atoms with Gasteiger partial charge < -0.3 is 5.32 Å². The predicted molar refractivity (Wildman–Crippen MR) is 95.6 cm³/mol. The summed E-state index contributed by atoms with van der Waals surface area (Å²) >= 11 is 0. The Labute approximate surface area is 140 Å². The Hall–Kier alpha value is -3.01. The lowest BCUT2D eigenvalue weighted by atomic mass is 10.1. The number of aryl methyl sites for hydroxylation is 2. The Morgan fingerprint density at radius 2 is 1.71 bits per heavy atom. The summed E-state index contributed by atoms with van der Waals surface area (Å²) in [6, 6.07) is 14.8. The van der Waals surface area contributed by atoms with Crippen molar-refractivity contribution >= 4 is 28.3 Å². The molecule has 1 heterocycles. The number of ketones is 1. The van der Waals surface area contributed by atoms with Gasteiger partial charge in [-0.2, -0.15) is 0 Å². The van der Waals surface area contributed by atoms with E-state index in [9.17, 15) is 9.59 Å². The van der Waals surface area contributed by atoms with Crippen molar-refractivity contribution < 1.29 is 9.59 Å². The molecule has 0 aliphatic carbocycles. The summed E-state index contributed by atoms with van der Waals surface area (Å²) in [6.07, 6.45) is 0. The first-order chi connectivity index (χ1) is 11.5. The highest BCUT2D eigenvalue weighted by molar-refractivity contribution is 6.10. The lowest BCUT2D eigenvalue weighted by Gasteiger charge is -2.11.